The van der Waals surface area contributed by atoms with Gasteiger partial charge >= 0.3 is 0 Å². The van der Waals surface area contributed by atoms with Crippen molar-refractivity contribution in [3.8, 4) is 0 Å². The van der Waals surface area contributed by atoms with Crippen LogP contribution < -0.4 is 0 Å². The minimum atomic E-state index is -3.40. The molecule has 0 saturated carbocycles. The molecule has 0 spiro atoms. The third-order valence-corrected chi connectivity index (χ3v) is 6.87. The Labute approximate surface area is 122 Å². The minimum Gasteiger partial charge on any atom is -0.336 e. The SMILES string of the molecule is Cc1cn(C)c(C2CCCN2S(=O)(=O)c2cccs2)n1. The summed E-state index contributed by atoms with van der Waals surface area (Å²) in [5.41, 5.74) is 0.919. The number of nitrogens with zero attached hydrogens (tertiary/aromatic N) is 3. The Bertz CT molecular complexity index is 704. The zero-order valence-electron chi connectivity index (χ0n) is 11.5. The Morgan fingerprint density at radius 3 is 2.85 bits per heavy atom. The van der Waals surface area contributed by atoms with Crippen molar-refractivity contribution in [3.05, 3.63) is 35.2 Å². The van der Waals surface area contributed by atoms with Gasteiger partial charge in [-0.15, -0.1) is 11.3 Å². The average Bonchev–Trinajstić information content (AvgIpc) is 3.08. The fourth-order valence-corrected chi connectivity index (χ4v) is 5.53. The van der Waals surface area contributed by atoms with E-state index in [0.717, 1.165) is 24.4 Å². The van der Waals surface area contributed by atoms with Gasteiger partial charge in [-0.2, -0.15) is 4.31 Å². The summed E-state index contributed by atoms with van der Waals surface area (Å²) in [6, 6.07) is 3.29. The third-order valence-electron chi connectivity index (χ3n) is 3.59. The molecule has 0 amide bonds. The summed E-state index contributed by atoms with van der Waals surface area (Å²) in [5.74, 6) is 0.833. The van der Waals surface area contributed by atoms with Gasteiger partial charge in [0, 0.05) is 19.8 Å². The zero-order chi connectivity index (χ0) is 14.3. The van der Waals surface area contributed by atoms with E-state index in [9.17, 15) is 8.42 Å². The van der Waals surface area contributed by atoms with Gasteiger partial charge in [-0.3, -0.25) is 0 Å². The highest BCUT2D eigenvalue weighted by Gasteiger charge is 2.38. The second-order valence-corrected chi connectivity index (χ2v) is 8.12. The Morgan fingerprint density at radius 2 is 2.25 bits per heavy atom. The molecule has 1 fully saturated rings. The minimum absolute atomic E-state index is 0.152. The number of hydrogen-bond donors (Lipinski definition) is 0. The summed E-state index contributed by atoms with van der Waals surface area (Å²) in [6.45, 7) is 2.49. The molecule has 108 valence electrons. The van der Waals surface area contributed by atoms with Crippen LogP contribution in [0, 0.1) is 6.92 Å². The monoisotopic (exact) mass is 311 g/mol. The molecule has 2 aromatic rings. The maximum atomic E-state index is 12.7. The first kappa shape index (κ1) is 13.8. The van der Waals surface area contributed by atoms with Gasteiger partial charge in [-0.25, -0.2) is 13.4 Å². The smallest absolute Gasteiger partial charge is 0.253 e. The van der Waals surface area contributed by atoms with Crippen LogP contribution in [0.2, 0.25) is 0 Å². The van der Waals surface area contributed by atoms with Crippen LogP contribution in [0.15, 0.2) is 27.9 Å². The lowest BCUT2D eigenvalue weighted by molar-refractivity contribution is 0.378. The van der Waals surface area contributed by atoms with Crippen LogP contribution in [0.25, 0.3) is 0 Å². The van der Waals surface area contributed by atoms with Crippen molar-refractivity contribution in [3.63, 3.8) is 0 Å². The molecule has 1 aliphatic heterocycles. The molecule has 0 aromatic carbocycles. The van der Waals surface area contributed by atoms with Crippen LogP contribution in [0.1, 0.15) is 30.4 Å². The van der Waals surface area contributed by atoms with E-state index in [2.05, 4.69) is 4.98 Å². The molecular weight excluding hydrogens is 294 g/mol. The van der Waals surface area contributed by atoms with E-state index in [1.165, 1.54) is 11.3 Å². The molecule has 0 N–H and O–H groups in total. The summed E-state index contributed by atoms with van der Waals surface area (Å²) in [6.07, 6.45) is 3.64. The Hall–Kier alpha value is -1.18. The largest absolute Gasteiger partial charge is 0.336 e. The Morgan fingerprint density at radius 1 is 1.45 bits per heavy atom. The number of rotatable bonds is 3. The van der Waals surface area contributed by atoms with E-state index in [0.29, 0.717) is 10.8 Å². The molecule has 5 nitrogen and oxygen atoms in total. The number of aryl methyl sites for hydroxylation is 2. The number of hydrogen-bond acceptors (Lipinski definition) is 4. The van der Waals surface area contributed by atoms with Crippen molar-refractivity contribution in [2.24, 2.45) is 7.05 Å². The summed E-state index contributed by atoms with van der Waals surface area (Å²) in [7, 11) is -1.48. The van der Waals surface area contributed by atoms with Gasteiger partial charge in [0.25, 0.3) is 10.0 Å². The Kier molecular flexibility index (Phi) is 3.43. The van der Waals surface area contributed by atoms with Gasteiger partial charge in [0.2, 0.25) is 0 Å². The topological polar surface area (TPSA) is 55.2 Å². The number of imidazole rings is 1. The van der Waals surface area contributed by atoms with Crippen molar-refractivity contribution in [2.45, 2.75) is 30.0 Å². The molecule has 7 heteroatoms. The first-order valence-corrected chi connectivity index (χ1v) is 8.87. The second-order valence-electron chi connectivity index (χ2n) is 5.06. The summed E-state index contributed by atoms with van der Waals surface area (Å²) in [4.78, 5) is 4.50. The molecule has 1 aliphatic rings. The highest BCUT2D eigenvalue weighted by molar-refractivity contribution is 7.91. The fourth-order valence-electron chi connectivity index (χ4n) is 2.76. The van der Waals surface area contributed by atoms with Crippen LogP contribution in [0.3, 0.4) is 0 Å². The maximum absolute atomic E-state index is 12.7. The van der Waals surface area contributed by atoms with Gasteiger partial charge in [0.15, 0.2) is 0 Å². The standard InChI is InChI=1S/C13H17N3O2S2/c1-10-9-15(2)13(14-10)11-5-3-7-16(11)20(17,18)12-6-4-8-19-12/h4,6,8-9,11H,3,5,7H2,1-2H3. The summed E-state index contributed by atoms with van der Waals surface area (Å²) >= 11 is 1.27. The van der Waals surface area contributed by atoms with Crippen LogP contribution >= 0.6 is 11.3 Å². The van der Waals surface area contributed by atoms with Crippen molar-refractivity contribution in [1.82, 2.24) is 13.9 Å². The second kappa shape index (κ2) is 4.98. The number of thiophene rings is 1. The molecule has 1 atom stereocenters. The lowest BCUT2D eigenvalue weighted by Crippen LogP contribution is -2.31. The van der Waals surface area contributed by atoms with E-state index < -0.39 is 10.0 Å². The van der Waals surface area contributed by atoms with Crippen LogP contribution in [-0.4, -0.2) is 28.8 Å². The lowest BCUT2D eigenvalue weighted by Gasteiger charge is -2.22. The molecule has 3 rings (SSSR count). The Balaban J connectivity index is 2.00. The van der Waals surface area contributed by atoms with Gasteiger partial charge < -0.3 is 4.57 Å². The molecule has 2 aromatic heterocycles. The third kappa shape index (κ3) is 2.19. The lowest BCUT2D eigenvalue weighted by atomic mass is 10.2. The summed E-state index contributed by atoms with van der Waals surface area (Å²) < 4.78 is 29.3. The molecule has 1 unspecified atom stereocenters. The zero-order valence-corrected chi connectivity index (χ0v) is 13.1. The van der Waals surface area contributed by atoms with Crippen LogP contribution in [-0.2, 0) is 17.1 Å². The molecular formula is C13H17N3O2S2. The highest BCUT2D eigenvalue weighted by Crippen LogP contribution is 2.36. The summed E-state index contributed by atoms with van der Waals surface area (Å²) in [5, 5.41) is 1.79. The van der Waals surface area contributed by atoms with Crippen LogP contribution in [0.5, 0.6) is 0 Å². The van der Waals surface area contributed by atoms with E-state index in [-0.39, 0.29) is 6.04 Å². The number of sulfonamides is 1. The number of aromatic nitrogens is 2. The van der Waals surface area contributed by atoms with E-state index in [4.69, 9.17) is 0 Å². The first-order valence-electron chi connectivity index (χ1n) is 6.55. The quantitative estimate of drug-likeness (QED) is 0.874. The predicted molar refractivity (Wildman–Crippen MR) is 78.1 cm³/mol. The van der Waals surface area contributed by atoms with E-state index in [1.807, 2.05) is 24.7 Å². The van der Waals surface area contributed by atoms with Crippen molar-refractivity contribution < 1.29 is 8.42 Å². The van der Waals surface area contributed by atoms with E-state index >= 15 is 0 Å². The van der Waals surface area contributed by atoms with E-state index in [1.54, 1.807) is 21.8 Å². The van der Waals surface area contributed by atoms with Gasteiger partial charge in [0.1, 0.15) is 10.0 Å². The van der Waals surface area contributed by atoms with Gasteiger partial charge in [-0.1, -0.05) is 6.07 Å². The van der Waals surface area contributed by atoms with Crippen molar-refractivity contribution >= 4 is 21.4 Å². The predicted octanol–water partition coefficient (Wildman–Crippen LogP) is 2.32. The first-order chi connectivity index (χ1) is 9.50. The molecule has 20 heavy (non-hydrogen) atoms. The molecule has 3 heterocycles. The molecule has 0 radical (unpaired) electrons. The highest BCUT2D eigenvalue weighted by atomic mass is 32.2. The normalized spacial score (nSPS) is 20.6. The molecule has 0 bridgehead atoms. The van der Waals surface area contributed by atoms with Crippen LogP contribution in [0.4, 0.5) is 0 Å². The average molecular weight is 311 g/mol. The van der Waals surface area contributed by atoms with Gasteiger partial charge in [0.05, 0.1) is 11.7 Å². The molecule has 1 saturated heterocycles. The molecule has 0 aliphatic carbocycles. The fraction of sp³-hybridized carbons (Fsp3) is 0.462. The van der Waals surface area contributed by atoms with Crippen molar-refractivity contribution in [1.29, 1.82) is 0 Å². The van der Waals surface area contributed by atoms with Gasteiger partial charge in [-0.05, 0) is 31.2 Å². The maximum Gasteiger partial charge on any atom is 0.253 e. The van der Waals surface area contributed by atoms with Crippen molar-refractivity contribution in [2.75, 3.05) is 6.54 Å².